The van der Waals surface area contributed by atoms with Crippen LogP contribution in [-0.2, 0) is 24.5 Å². The van der Waals surface area contributed by atoms with Crippen LogP contribution in [0.1, 0.15) is 31.9 Å². The van der Waals surface area contributed by atoms with Gasteiger partial charge in [0, 0.05) is 11.1 Å². The lowest BCUT2D eigenvalue weighted by molar-refractivity contribution is -0.122. The first-order valence-electron chi connectivity index (χ1n) is 9.97. The van der Waals surface area contributed by atoms with Crippen LogP contribution in [-0.4, -0.2) is 29.2 Å². The van der Waals surface area contributed by atoms with Gasteiger partial charge in [-0.05, 0) is 62.8 Å². The van der Waals surface area contributed by atoms with Crippen molar-refractivity contribution in [2.45, 2.75) is 31.8 Å². The summed E-state index contributed by atoms with van der Waals surface area (Å²) in [5.74, 6) is -2.33. The zero-order valence-electron chi connectivity index (χ0n) is 17.7. The summed E-state index contributed by atoms with van der Waals surface area (Å²) < 4.78 is 19.2. The number of fused-ring (bicyclic) bond motifs is 1. The first-order valence-corrected chi connectivity index (χ1v) is 9.97. The molecule has 2 aromatic rings. The van der Waals surface area contributed by atoms with E-state index in [-0.39, 0.29) is 16.8 Å². The highest BCUT2D eigenvalue weighted by Gasteiger charge is 2.58. The topological polar surface area (TPSA) is 80.8 Å². The number of nitrogens with zero attached hydrogens (tertiary/aromatic N) is 1. The number of allylic oxidation sites excluding steroid dienone is 3. The number of hydrogen-bond acceptors (Lipinski definition) is 5. The van der Waals surface area contributed by atoms with E-state index < -0.39 is 40.4 Å². The Morgan fingerprint density at radius 2 is 1.62 bits per heavy atom. The molecule has 0 saturated heterocycles. The van der Waals surface area contributed by atoms with Gasteiger partial charge in [-0.15, -0.1) is 0 Å². The highest BCUT2D eigenvalue weighted by Crippen LogP contribution is 2.51. The number of ether oxygens (including phenoxy) is 1. The van der Waals surface area contributed by atoms with Crippen LogP contribution in [0.5, 0.6) is 0 Å². The Bertz CT molecular complexity index is 1220. The fourth-order valence-corrected chi connectivity index (χ4v) is 4.06. The van der Waals surface area contributed by atoms with Gasteiger partial charge in [0.05, 0.1) is 5.69 Å². The second-order valence-electron chi connectivity index (χ2n) is 8.55. The summed E-state index contributed by atoms with van der Waals surface area (Å²) in [7, 11) is 0. The number of benzene rings is 2. The number of halogens is 1. The molecule has 0 N–H and O–H groups in total. The van der Waals surface area contributed by atoms with E-state index in [1.54, 1.807) is 45.0 Å². The highest BCUT2D eigenvalue weighted by molar-refractivity contribution is 6.30. The third-order valence-electron chi connectivity index (χ3n) is 5.28. The van der Waals surface area contributed by atoms with Crippen LogP contribution < -0.4 is 4.90 Å². The number of amides is 2. The van der Waals surface area contributed by atoms with E-state index >= 15 is 0 Å². The third-order valence-corrected chi connectivity index (χ3v) is 5.28. The van der Waals surface area contributed by atoms with Crippen molar-refractivity contribution >= 4 is 29.3 Å². The molecule has 32 heavy (non-hydrogen) atoms. The van der Waals surface area contributed by atoms with E-state index in [2.05, 4.69) is 0 Å². The molecule has 0 radical (unpaired) electrons. The van der Waals surface area contributed by atoms with Crippen molar-refractivity contribution < 1.29 is 28.3 Å². The number of carbonyl (C=O) groups excluding carboxylic acids is 4. The Hall–Kier alpha value is -3.87. The number of ketones is 2. The van der Waals surface area contributed by atoms with Gasteiger partial charge in [0.25, 0.3) is 5.91 Å². The van der Waals surface area contributed by atoms with Crippen molar-refractivity contribution in [1.82, 2.24) is 0 Å². The van der Waals surface area contributed by atoms with Crippen LogP contribution in [0, 0.1) is 5.82 Å². The van der Waals surface area contributed by atoms with Crippen molar-refractivity contribution in [2.24, 2.45) is 0 Å². The summed E-state index contributed by atoms with van der Waals surface area (Å²) >= 11 is 0. The Morgan fingerprint density at radius 3 is 2.28 bits per heavy atom. The molecule has 1 atom stereocenters. The lowest BCUT2D eigenvalue weighted by Gasteiger charge is -2.32. The molecule has 4 rings (SSSR count). The smallest absolute Gasteiger partial charge is 0.421 e. The largest absolute Gasteiger partial charge is 0.443 e. The van der Waals surface area contributed by atoms with Gasteiger partial charge >= 0.3 is 6.09 Å². The lowest BCUT2D eigenvalue weighted by Crippen LogP contribution is -2.48. The second-order valence-corrected chi connectivity index (χ2v) is 8.55. The number of carbonyl (C=O) groups is 4. The minimum atomic E-state index is -1.82. The maximum atomic E-state index is 14.1. The molecule has 0 saturated carbocycles. The molecule has 1 unspecified atom stereocenters. The zero-order chi connectivity index (χ0) is 23.3. The van der Waals surface area contributed by atoms with Crippen molar-refractivity contribution in [3.8, 4) is 0 Å². The number of anilines is 1. The normalized spacial score (nSPS) is 20.3. The maximum absolute atomic E-state index is 14.1. The van der Waals surface area contributed by atoms with Gasteiger partial charge in [-0.1, -0.05) is 30.3 Å². The average molecular weight is 433 g/mol. The Kier molecular flexibility index (Phi) is 4.92. The van der Waals surface area contributed by atoms with Crippen molar-refractivity contribution in [3.05, 3.63) is 89.3 Å². The van der Waals surface area contributed by atoms with Crippen molar-refractivity contribution in [3.63, 3.8) is 0 Å². The fourth-order valence-electron chi connectivity index (χ4n) is 4.06. The molecule has 2 amide bonds. The molecule has 1 heterocycles. The number of imide groups is 1. The van der Waals surface area contributed by atoms with Crippen LogP contribution in [0.15, 0.2) is 72.3 Å². The summed E-state index contributed by atoms with van der Waals surface area (Å²) in [4.78, 5) is 53.2. The molecule has 1 aliphatic heterocycles. The van der Waals surface area contributed by atoms with E-state index in [1.165, 1.54) is 12.1 Å². The maximum Gasteiger partial charge on any atom is 0.421 e. The first-order chi connectivity index (χ1) is 15.1. The summed E-state index contributed by atoms with van der Waals surface area (Å²) in [5, 5.41) is 0. The molecule has 0 aromatic heterocycles. The van der Waals surface area contributed by atoms with E-state index in [1.807, 2.05) is 0 Å². The molecule has 2 aliphatic rings. The van der Waals surface area contributed by atoms with Gasteiger partial charge in [0.1, 0.15) is 16.8 Å². The van der Waals surface area contributed by atoms with Crippen LogP contribution in [0.3, 0.4) is 0 Å². The Morgan fingerprint density at radius 1 is 0.969 bits per heavy atom. The second kappa shape index (κ2) is 7.37. The molecular formula is C25H20FNO5. The van der Waals surface area contributed by atoms with Gasteiger partial charge in [0.2, 0.25) is 0 Å². The van der Waals surface area contributed by atoms with Gasteiger partial charge in [0.15, 0.2) is 11.6 Å². The predicted octanol–water partition coefficient (Wildman–Crippen LogP) is 4.03. The molecule has 0 spiro atoms. The van der Waals surface area contributed by atoms with Crippen molar-refractivity contribution in [2.75, 3.05) is 4.90 Å². The van der Waals surface area contributed by atoms with Gasteiger partial charge in [-0.25, -0.2) is 14.1 Å². The van der Waals surface area contributed by atoms with Crippen LogP contribution in [0.2, 0.25) is 0 Å². The van der Waals surface area contributed by atoms with E-state index in [9.17, 15) is 23.6 Å². The van der Waals surface area contributed by atoms with Gasteiger partial charge < -0.3 is 4.74 Å². The van der Waals surface area contributed by atoms with E-state index in [4.69, 9.17) is 4.74 Å². The number of hydrogen-bond donors (Lipinski definition) is 0. The molecule has 1 aliphatic carbocycles. The Labute approximate surface area is 184 Å². The van der Waals surface area contributed by atoms with E-state index in [0.717, 1.165) is 35.3 Å². The number of para-hydroxylation sites is 1. The summed E-state index contributed by atoms with van der Waals surface area (Å²) in [6.45, 7) is 5.00. The van der Waals surface area contributed by atoms with Crippen LogP contribution in [0.25, 0.3) is 0 Å². The molecule has 7 heteroatoms. The predicted molar refractivity (Wildman–Crippen MR) is 115 cm³/mol. The molecule has 6 nitrogen and oxygen atoms in total. The average Bonchev–Trinajstić information content (AvgIpc) is 2.98. The summed E-state index contributed by atoms with van der Waals surface area (Å²) in [6, 6.07) is 11.6. The lowest BCUT2D eigenvalue weighted by atomic mass is 9.67. The Balaban J connectivity index is 2.03. The van der Waals surface area contributed by atoms with Crippen LogP contribution in [0.4, 0.5) is 14.9 Å². The van der Waals surface area contributed by atoms with E-state index in [0.29, 0.717) is 5.56 Å². The molecule has 0 fully saturated rings. The van der Waals surface area contributed by atoms with Gasteiger partial charge in [-0.3, -0.25) is 14.4 Å². The minimum absolute atomic E-state index is 0.111. The third kappa shape index (κ3) is 3.26. The summed E-state index contributed by atoms with van der Waals surface area (Å²) in [6.07, 6.45) is 2.39. The molecule has 0 bridgehead atoms. The molecule has 2 aromatic carbocycles. The standard InChI is InChI=1S/C25H20FNO5/c1-24(2,3)32-23(31)27-20-7-5-4-6-18(20)25(22(27)30,15-8-10-16(26)11-9-15)19-14-17(28)12-13-21(19)29/h4-14H,1-3H3. The fraction of sp³-hybridized carbons (Fsp3) is 0.200. The first kappa shape index (κ1) is 21.4. The minimum Gasteiger partial charge on any atom is -0.443 e. The van der Waals surface area contributed by atoms with Crippen LogP contribution >= 0.6 is 0 Å². The summed E-state index contributed by atoms with van der Waals surface area (Å²) in [5.41, 5.74) is -2.01. The van der Waals surface area contributed by atoms with Crippen molar-refractivity contribution in [1.29, 1.82) is 0 Å². The monoisotopic (exact) mass is 433 g/mol. The SMILES string of the molecule is CC(C)(C)OC(=O)N1C(=O)C(C2=CC(=O)C=CC2=O)(c2ccc(F)cc2)c2ccccc21. The van der Waals surface area contributed by atoms with Gasteiger partial charge in [-0.2, -0.15) is 0 Å². The molecule has 162 valence electrons. The molecular weight excluding hydrogens is 413 g/mol. The quantitative estimate of drug-likeness (QED) is 0.668. The highest BCUT2D eigenvalue weighted by atomic mass is 19.1. The zero-order valence-corrected chi connectivity index (χ0v) is 17.7. The number of rotatable bonds is 2.